The molecule has 91 heavy (non-hydrogen) atoms. The average Bonchev–Trinajstić information content (AvgIpc) is 1.67. The van der Waals surface area contributed by atoms with Crippen molar-refractivity contribution in [1.29, 1.82) is 0 Å². The summed E-state index contributed by atoms with van der Waals surface area (Å²) in [6.45, 7) is 41.2. The Morgan fingerprint density at radius 2 is 0.912 bits per heavy atom. The van der Waals surface area contributed by atoms with Gasteiger partial charge in [0.15, 0.2) is 0 Å². The molecular formula is C79H130O12. The largest absolute Gasteiger partial charge is 0.464 e. The molecule has 23 atom stereocenters. The number of fused-ring (bicyclic) bond motifs is 8. The summed E-state index contributed by atoms with van der Waals surface area (Å²) < 4.78 is 30.1. The standard InChI is InChI=1S/C10H16O2.C10H14O2.C9H14O2.C9H12O2.C8H14O2.C8H12O2.C7H12.2C5H10.2C4H8/c2*1-6-8-3-4-9(6)10(7(8)2)12-5-11;2*1-6-7-2-3-8(4-7)9(6)11-5-10;2*1-7-4-2-3-5-8(7)10-6-9;1-7-5-3-2-4-6-7;2*1-3-5-4-2;2*1-3-4-2/h5-10H,3-4H2,1-2H3;3-10H,1-2H3;5-9H,2-4H2,1H3;2-3,5-9H,4H2,1H3;6-8H,2-5H2,1H3;2-3,6-8H,4-5H2,1H3;2-3,7H,4-6H2,1H3;2*3,5H,4H2,1-2H3;3-4H,1-2H3;3H,1,4H2,2H3/t2*6?,7-,8?,9?,10?;2*6-,7?,8?,9?;2*7-,8?;7-;;;;/m1111111..../s1. The topological polar surface area (TPSA) is 158 Å². The molecule has 0 amide bonds. The normalized spacial score (nSPS) is 35.9. The van der Waals surface area contributed by atoms with Crippen LogP contribution in [0.4, 0.5) is 0 Å². The van der Waals surface area contributed by atoms with Gasteiger partial charge in [-0.15, -0.1) is 6.58 Å². The number of rotatable bonds is 15. The first-order valence-corrected chi connectivity index (χ1v) is 35.5. The molecule has 0 saturated heterocycles. The van der Waals surface area contributed by atoms with Crippen LogP contribution in [0.3, 0.4) is 0 Å². The van der Waals surface area contributed by atoms with Crippen LogP contribution in [0.2, 0.25) is 0 Å². The molecule has 12 nitrogen and oxygen atoms in total. The van der Waals surface area contributed by atoms with Crippen LogP contribution >= 0.6 is 0 Å². The molecule has 0 N–H and O–H groups in total. The van der Waals surface area contributed by atoms with Gasteiger partial charge < -0.3 is 28.4 Å². The summed E-state index contributed by atoms with van der Waals surface area (Å²) >= 11 is 0. The number of carbonyl (C=O) groups is 6. The summed E-state index contributed by atoms with van der Waals surface area (Å²) in [7, 11) is 0. The van der Waals surface area contributed by atoms with Crippen molar-refractivity contribution in [3.63, 3.8) is 0 Å². The van der Waals surface area contributed by atoms with Gasteiger partial charge in [0, 0.05) is 24.2 Å². The minimum atomic E-state index is 0.113. The number of allylic oxidation sites excluding steroid dienone is 12. The molecule has 12 heteroatoms. The van der Waals surface area contributed by atoms with Crippen LogP contribution in [0.15, 0.2) is 97.7 Å². The number of hydrogen-bond acceptors (Lipinski definition) is 12. The number of ether oxygens (including phenoxy) is 6. The first kappa shape index (κ1) is 83.8. The maximum Gasteiger partial charge on any atom is 0.293 e. The predicted octanol–water partition coefficient (Wildman–Crippen LogP) is 19.1. The van der Waals surface area contributed by atoms with E-state index in [0.717, 1.165) is 62.2 Å². The molecule has 11 aliphatic carbocycles. The summed E-state index contributed by atoms with van der Waals surface area (Å²) in [6.07, 6.45) is 54.7. The predicted molar refractivity (Wildman–Crippen MR) is 373 cm³/mol. The van der Waals surface area contributed by atoms with Crippen LogP contribution in [-0.4, -0.2) is 75.5 Å². The lowest BCUT2D eigenvalue weighted by Crippen LogP contribution is -2.27. The minimum absolute atomic E-state index is 0.113. The molecule has 8 bridgehead atoms. The van der Waals surface area contributed by atoms with E-state index in [1.807, 2.05) is 45.9 Å². The van der Waals surface area contributed by atoms with Gasteiger partial charge >= 0.3 is 0 Å². The van der Waals surface area contributed by atoms with Gasteiger partial charge in [-0.3, -0.25) is 28.8 Å². The van der Waals surface area contributed by atoms with E-state index in [1.54, 1.807) is 0 Å². The lowest BCUT2D eigenvalue weighted by Gasteiger charge is -2.26. The Balaban J connectivity index is 0.000000510. The van der Waals surface area contributed by atoms with Crippen molar-refractivity contribution < 1.29 is 57.2 Å². The average molecular weight is 1270 g/mol. The third-order valence-corrected chi connectivity index (χ3v) is 21.2. The third kappa shape index (κ3) is 29.3. The van der Waals surface area contributed by atoms with Gasteiger partial charge in [-0.1, -0.05) is 181 Å². The maximum atomic E-state index is 10.3. The van der Waals surface area contributed by atoms with E-state index >= 15 is 0 Å². The van der Waals surface area contributed by atoms with E-state index in [9.17, 15) is 28.8 Å². The lowest BCUT2D eigenvalue weighted by atomic mass is 9.88. The minimum Gasteiger partial charge on any atom is -0.464 e. The van der Waals surface area contributed by atoms with Crippen molar-refractivity contribution in [1.82, 2.24) is 0 Å². The van der Waals surface area contributed by atoms with Gasteiger partial charge in [-0.25, -0.2) is 0 Å². The van der Waals surface area contributed by atoms with E-state index in [1.165, 1.54) is 77.0 Å². The van der Waals surface area contributed by atoms with Gasteiger partial charge in [0.2, 0.25) is 0 Å². The fraction of sp³-hybridized carbons (Fsp3) is 0.722. The quantitative estimate of drug-likeness (QED) is 0.0869. The second kappa shape index (κ2) is 50.3. The fourth-order valence-electron chi connectivity index (χ4n) is 15.4. The Morgan fingerprint density at radius 3 is 1.33 bits per heavy atom. The molecule has 0 aliphatic heterocycles. The molecule has 0 spiro atoms. The van der Waals surface area contributed by atoms with Crippen LogP contribution in [0.25, 0.3) is 0 Å². The van der Waals surface area contributed by atoms with Gasteiger partial charge in [0.05, 0.1) is 0 Å². The van der Waals surface area contributed by atoms with Crippen molar-refractivity contribution in [2.75, 3.05) is 0 Å². The summed E-state index contributed by atoms with van der Waals surface area (Å²) in [5.74, 6) is 10.9. The second-order valence-electron chi connectivity index (χ2n) is 27.1. The first-order chi connectivity index (χ1) is 43.9. The van der Waals surface area contributed by atoms with E-state index < -0.39 is 0 Å². The molecule has 0 radical (unpaired) electrons. The smallest absolute Gasteiger partial charge is 0.293 e. The van der Waals surface area contributed by atoms with Gasteiger partial charge in [0.1, 0.15) is 36.6 Å². The van der Waals surface area contributed by atoms with Gasteiger partial charge in [-0.05, 0) is 213 Å². The first-order valence-electron chi connectivity index (χ1n) is 35.5. The van der Waals surface area contributed by atoms with Crippen molar-refractivity contribution in [3.8, 4) is 0 Å². The SMILES string of the molecule is C=CCC.CC1C2C=CC1[C@@H](C)C2OC=O.CC1C2CCC1[C@@H](C)C2OC=O.CC=CC.CC=CCC.CC=CCC.C[C@@H]1C2C=CC(C2)C1OC=O.C[C@@H]1C2CCC(C2)C1OC=O.C[C@@H]1CC=CCC1.C[C@@H]1CC=CCC1OC=O.C[C@@H]1CCCCC1OC=O. The Hall–Kier alpha value is -5.26. The van der Waals surface area contributed by atoms with Crippen molar-refractivity contribution >= 4 is 38.8 Å². The second-order valence-corrected chi connectivity index (χ2v) is 27.1. The van der Waals surface area contributed by atoms with E-state index in [2.05, 4.69) is 163 Å². The fourth-order valence-corrected chi connectivity index (χ4v) is 15.4. The highest BCUT2D eigenvalue weighted by atomic mass is 16.5. The van der Waals surface area contributed by atoms with Crippen molar-refractivity contribution in [2.45, 2.75) is 263 Å². The van der Waals surface area contributed by atoms with Crippen molar-refractivity contribution in [3.05, 3.63) is 97.7 Å². The molecular weight excluding hydrogens is 1140 g/mol. The van der Waals surface area contributed by atoms with E-state index in [0.29, 0.717) is 116 Å². The van der Waals surface area contributed by atoms with Crippen LogP contribution in [0, 0.1) is 101 Å². The summed E-state index contributed by atoms with van der Waals surface area (Å²) in [5, 5.41) is 0. The molecule has 0 heterocycles. The highest BCUT2D eigenvalue weighted by molar-refractivity contribution is 5.40. The number of carbonyl (C=O) groups excluding carboxylic acids is 6. The van der Waals surface area contributed by atoms with E-state index in [4.69, 9.17) is 28.4 Å². The number of hydrogen-bond donors (Lipinski definition) is 0. The Labute approximate surface area is 554 Å². The van der Waals surface area contributed by atoms with E-state index in [-0.39, 0.29) is 36.6 Å². The summed E-state index contributed by atoms with van der Waals surface area (Å²) in [6, 6.07) is 0. The molecule has 518 valence electrons. The molecule has 7 saturated carbocycles. The third-order valence-electron chi connectivity index (χ3n) is 21.2. The van der Waals surface area contributed by atoms with Crippen LogP contribution in [0.1, 0.15) is 226 Å². The maximum absolute atomic E-state index is 10.3. The Bertz CT molecular complexity index is 2140. The zero-order valence-corrected chi connectivity index (χ0v) is 59.7. The van der Waals surface area contributed by atoms with Gasteiger partial charge in [-0.2, -0.15) is 0 Å². The van der Waals surface area contributed by atoms with Crippen molar-refractivity contribution in [2.24, 2.45) is 101 Å². The van der Waals surface area contributed by atoms with Crippen LogP contribution < -0.4 is 0 Å². The molecule has 11 aliphatic rings. The zero-order chi connectivity index (χ0) is 68.1. The van der Waals surface area contributed by atoms with Gasteiger partial charge in [0.25, 0.3) is 38.8 Å². The van der Waals surface area contributed by atoms with Crippen LogP contribution in [-0.2, 0) is 57.2 Å². The Kier molecular flexibility index (Phi) is 46.3. The molecule has 7 fully saturated rings. The summed E-state index contributed by atoms with van der Waals surface area (Å²) in [4.78, 5) is 60.8. The molecule has 16 unspecified atom stereocenters. The molecule has 11 rings (SSSR count). The Morgan fingerprint density at radius 1 is 0.396 bits per heavy atom. The molecule has 0 aromatic carbocycles. The highest BCUT2D eigenvalue weighted by Crippen LogP contribution is 2.54. The lowest BCUT2D eigenvalue weighted by molar-refractivity contribution is -0.139. The summed E-state index contributed by atoms with van der Waals surface area (Å²) in [5.41, 5.74) is 0. The highest BCUT2D eigenvalue weighted by Gasteiger charge is 2.52. The zero-order valence-electron chi connectivity index (χ0n) is 59.7. The molecule has 0 aromatic rings. The van der Waals surface area contributed by atoms with Crippen LogP contribution in [0.5, 0.6) is 0 Å². The molecule has 0 aromatic heterocycles. The monoisotopic (exact) mass is 1270 g/mol.